The zero-order chi connectivity index (χ0) is 14.7. The molecular formula is C15H16BrNO3. The van der Waals surface area contributed by atoms with Crippen LogP contribution in [0.15, 0.2) is 33.2 Å². The number of hydrogen-bond acceptors (Lipinski definition) is 4. The molecule has 1 aromatic carbocycles. The SMILES string of the molecule is CCOC(=O)c1oc(-c2ccc(Br)cc2)nc1C(C)C. The third kappa shape index (κ3) is 3.10. The molecule has 0 aliphatic rings. The Balaban J connectivity index is 2.43. The Morgan fingerprint density at radius 3 is 2.55 bits per heavy atom. The maximum Gasteiger partial charge on any atom is 0.376 e. The van der Waals surface area contributed by atoms with Gasteiger partial charge in [-0.15, -0.1) is 0 Å². The minimum Gasteiger partial charge on any atom is -0.460 e. The van der Waals surface area contributed by atoms with E-state index in [1.807, 2.05) is 38.1 Å². The van der Waals surface area contributed by atoms with Gasteiger partial charge in [0.2, 0.25) is 11.7 Å². The molecule has 2 rings (SSSR count). The molecule has 0 atom stereocenters. The lowest BCUT2D eigenvalue weighted by molar-refractivity contribution is 0.0488. The molecule has 0 N–H and O–H groups in total. The maximum absolute atomic E-state index is 11.9. The van der Waals surface area contributed by atoms with Crippen LogP contribution in [-0.4, -0.2) is 17.6 Å². The van der Waals surface area contributed by atoms with E-state index in [0.29, 0.717) is 18.2 Å². The topological polar surface area (TPSA) is 52.3 Å². The summed E-state index contributed by atoms with van der Waals surface area (Å²) in [6.07, 6.45) is 0. The van der Waals surface area contributed by atoms with Gasteiger partial charge >= 0.3 is 5.97 Å². The zero-order valence-electron chi connectivity index (χ0n) is 11.6. The summed E-state index contributed by atoms with van der Waals surface area (Å²) in [5.41, 5.74) is 1.45. The molecule has 2 aromatic rings. The van der Waals surface area contributed by atoms with Gasteiger partial charge < -0.3 is 9.15 Å². The van der Waals surface area contributed by atoms with E-state index in [2.05, 4.69) is 20.9 Å². The van der Waals surface area contributed by atoms with Gasteiger partial charge in [0.05, 0.1) is 12.3 Å². The Bertz CT molecular complexity index is 602. The number of ether oxygens (including phenoxy) is 1. The van der Waals surface area contributed by atoms with Crippen molar-refractivity contribution < 1.29 is 13.9 Å². The van der Waals surface area contributed by atoms with Crippen LogP contribution in [0, 0.1) is 0 Å². The van der Waals surface area contributed by atoms with Gasteiger partial charge in [0, 0.05) is 10.0 Å². The van der Waals surface area contributed by atoms with Crippen molar-refractivity contribution in [1.82, 2.24) is 4.98 Å². The summed E-state index contributed by atoms with van der Waals surface area (Å²) in [4.78, 5) is 16.3. The molecule has 0 aliphatic carbocycles. The number of esters is 1. The van der Waals surface area contributed by atoms with Crippen molar-refractivity contribution in [2.45, 2.75) is 26.7 Å². The van der Waals surface area contributed by atoms with Gasteiger partial charge in [-0.05, 0) is 37.1 Å². The van der Waals surface area contributed by atoms with Crippen LogP contribution in [0.2, 0.25) is 0 Å². The predicted octanol–water partition coefficient (Wildman–Crippen LogP) is 4.40. The van der Waals surface area contributed by atoms with Gasteiger partial charge in [0.25, 0.3) is 0 Å². The first-order valence-corrected chi connectivity index (χ1v) is 7.26. The van der Waals surface area contributed by atoms with Crippen molar-refractivity contribution >= 4 is 21.9 Å². The number of rotatable bonds is 4. The molecule has 0 bridgehead atoms. The second kappa shape index (κ2) is 6.22. The number of benzene rings is 1. The molecular weight excluding hydrogens is 322 g/mol. The molecule has 0 spiro atoms. The van der Waals surface area contributed by atoms with E-state index in [1.165, 1.54) is 0 Å². The van der Waals surface area contributed by atoms with Crippen molar-refractivity contribution in [3.63, 3.8) is 0 Å². The monoisotopic (exact) mass is 337 g/mol. The van der Waals surface area contributed by atoms with Crippen LogP contribution in [0.1, 0.15) is 42.9 Å². The highest BCUT2D eigenvalue weighted by atomic mass is 79.9. The van der Waals surface area contributed by atoms with Crippen LogP contribution >= 0.6 is 15.9 Å². The highest BCUT2D eigenvalue weighted by Gasteiger charge is 2.23. The third-order valence-corrected chi connectivity index (χ3v) is 3.28. The summed E-state index contributed by atoms with van der Waals surface area (Å²) in [5, 5.41) is 0. The van der Waals surface area contributed by atoms with Crippen molar-refractivity contribution in [1.29, 1.82) is 0 Å². The maximum atomic E-state index is 11.9. The highest BCUT2D eigenvalue weighted by molar-refractivity contribution is 9.10. The molecule has 1 heterocycles. The molecule has 0 unspecified atom stereocenters. The lowest BCUT2D eigenvalue weighted by Gasteiger charge is -2.02. The number of hydrogen-bond donors (Lipinski definition) is 0. The molecule has 0 aliphatic heterocycles. The van der Waals surface area contributed by atoms with Crippen LogP contribution < -0.4 is 0 Å². The van der Waals surface area contributed by atoms with E-state index in [-0.39, 0.29) is 11.7 Å². The third-order valence-electron chi connectivity index (χ3n) is 2.75. The fourth-order valence-corrected chi connectivity index (χ4v) is 2.05. The van der Waals surface area contributed by atoms with Crippen LogP contribution in [0.4, 0.5) is 0 Å². The Hall–Kier alpha value is -1.62. The molecule has 0 saturated heterocycles. The zero-order valence-corrected chi connectivity index (χ0v) is 13.2. The first-order chi connectivity index (χ1) is 9.52. The second-order valence-corrected chi connectivity index (χ2v) is 5.53. The van der Waals surface area contributed by atoms with E-state index < -0.39 is 5.97 Å². The summed E-state index contributed by atoms with van der Waals surface area (Å²) >= 11 is 3.38. The van der Waals surface area contributed by atoms with Gasteiger partial charge in [0.1, 0.15) is 0 Å². The number of carbonyl (C=O) groups is 1. The van der Waals surface area contributed by atoms with Gasteiger partial charge in [-0.3, -0.25) is 0 Å². The van der Waals surface area contributed by atoms with Crippen molar-refractivity contribution in [3.05, 3.63) is 40.2 Å². The Labute approximate surface area is 126 Å². The van der Waals surface area contributed by atoms with Crippen LogP contribution in [0.3, 0.4) is 0 Å². The number of oxazole rings is 1. The average molecular weight is 338 g/mol. The molecule has 0 radical (unpaired) electrons. The van der Waals surface area contributed by atoms with E-state index in [0.717, 1.165) is 10.0 Å². The van der Waals surface area contributed by atoms with Crippen molar-refractivity contribution in [2.75, 3.05) is 6.61 Å². The Kier molecular flexibility index (Phi) is 4.60. The summed E-state index contributed by atoms with van der Waals surface area (Å²) in [6.45, 7) is 6.00. The summed E-state index contributed by atoms with van der Waals surface area (Å²) in [5.74, 6) is 0.249. The minimum absolute atomic E-state index is 0.0855. The summed E-state index contributed by atoms with van der Waals surface area (Å²) in [7, 11) is 0. The van der Waals surface area contributed by atoms with Gasteiger partial charge in [-0.1, -0.05) is 29.8 Å². The molecule has 0 saturated carbocycles. The number of nitrogens with zero attached hydrogens (tertiary/aromatic N) is 1. The van der Waals surface area contributed by atoms with Crippen LogP contribution in [0.5, 0.6) is 0 Å². The molecule has 106 valence electrons. The fraction of sp³-hybridized carbons (Fsp3) is 0.333. The summed E-state index contributed by atoms with van der Waals surface area (Å²) < 4.78 is 11.6. The molecule has 4 nitrogen and oxygen atoms in total. The summed E-state index contributed by atoms with van der Waals surface area (Å²) in [6, 6.07) is 7.57. The number of halogens is 1. The lowest BCUT2D eigenvalue weighted by atomic mass is 10.1. The fourth-order valence-electron chi connectivity index (χ4n) is 1.78. The standard InChI is InChI=1S/C15H16BrNO3/c1-4-19-15(18)13-12(9(2)3)17-14(20-13)10-5-7-11(16)8-6-10/h5-9H,4H2,1-3H3. The quantitative estimate of drug-likeness (QED) is 0.775. The molecule has 0 fully saturated rings. The molecule has 0 amide bonds. The van der Waals surface area contributed by atoms with Crippen LogP contribution in [0.25, 0.3) is 11.5 Å². The number of aromatic nitrogens is 1. The lowest BCUT2D eigenvalue weighted by Crippen LogP contribution is -2.07. The number of carbonyl (C=O) groups excluding carboxylic acids is 1. The second-order valence-electron chi connectivity index (χ2n) is 4.62. The van der Waals surface area contributed by atoms with Gasteiger partial charge in [-0.2, -0.15) is 0 Å². The average Bonchev–Trinajstić information content (AvgIpc) is 2.85. The van der Waals surface area contributed by atoms with E-state index >= 15 is 0 Å². The molecule has 5 heteroatoms. The van der Waals surface area contributed by atoms with E-state index in [1.54, 1.807) is 6.92 Å². The normalized spacial score (nSPS) is 10.8. The molecule has 20 heavy (non-hydrogen) atoms. The largest absolute Gasteiger partial charge is 0.460 e. The molecule has 1 aromatic heterocycles. The highest BCUT2D eigenvalue weighted by Crippen LogP contribution is 2.27. The first kappa shape index (κ1) is 14.8. The minimum atomic E-state index is -0.466. The first-order valence-electron chi connectivity index (χ1n) is 6.46. The van der Waals surface area contributed by atoms with Gasteiger partial charge in [0.15, 0.2) is 0 Å². The van der Waals surface area contributed by atoms with Crippen molar-refractivity contribution in [3.8, 4) is 11.5 Å². The Morgan fingerprint density at radius 2 is 2.00 bits per heavy atom. The predicted molar refractivity (Wildman–Crippen MR) is 79.7 cm³/mol. The van der Waals surface area contributed by atoms with Crippen molar-refractivity contribution in [2.24, 2.45) is 0 Å². The Morgan fingerprint density at radius 1 is 1.35 bits per heavy atom. The van der Waals surface area contributed by atoms with E-state index in [9.17, 15) is 4.79 Å². The van der Waals surface area contributed by atoms with Gasteiger partial charge in [-0.25, -0.2) is 9.78 Å². The van der Waals surface area contributed by atoms with Crippen LogP contribution in [-0.2, 0) is 4.74 Å². The smallest absolute Gasteiger partial charge is 0.376 e. The van der Waals surface area contributed by atoms with E-state index in [4.69, 9.17) is 9.15 Å².